The van der Waals surface area contributed by atoms with Crippen LogP contribution in [-0.2, 0) is 16.0 Å². The number of carbonyl (C=O) groups excluding carboxylic acids is 3. The summed E-state index contributed by atoms with van der Waals surface area (Å²) in [6.45, 7) is 2.88. The van der Waals surface area contributed by atoms with Gasteiger partial charge in [-0.2, -0.15) is 0 Å². The average molecular weight is 304 g/mol. The van der Waals surface area contributed by atoms with E-state index in [0.29, 0.717) is 39.3 Å². The van der Waals surface area contributed by atoms with Crippen molar-refractivity contribution in [2.75, 3.05) is 32.8 Å². The van der Waals surface area contributed by atoms with E-state index in [4.69, 9.17) is 0 Å². The molecular weight excluding hydrogens is 284 g/mol. The van der Waals surface area contributed by atoms with Crippen molar-refractivity contribution >= 4 is 18.3 Å². The van der Waals surface area contributed by atoms with Gasteiger partial charge in [-0.15, -0.1) is 0 Å². The number of amides is 4. The maximum atomic E-state index is 12.0. The summed E-state index contributed by atoms with van der Waals surface area (Å²) >= 11 is 0. The molecule has 2 rings (SSSR count). The second-order valence-corrected chi connectivity index (χ2v) is 5.10. The zero-order valence-electron chi connectivity index (χ0n) is 12.3. The Balaban J connectivity index is 1.73. The second kappa shape index (κ2) is 8.14. The lowest BCUT2D eigenvalue weighted by Crippen LogP contribution is -2.54. The lowest BCUT2D eigenvalue weighted by molar-refractivity contribution is -0.119. The van der Waals surface area contributed by atoms with Crippen LogP contribution in [-0.4, -0.2) is 61.0 Å². The number of hydrogen-bond acceptors (Lipinski definition) is 4. The van der Waals surface area contributed by atoms with Crippen LogP contribution in [0.2, 0.25) is 0 Å². The molecule has 0 saturated carbocycles. The number of imide groups is 1. The standard InChI is InChI=1S/C15H20N4O3/c20-12-16-11-18-6-8-19(9-7-18)15(22)17-14(21)10-13-4-2-1-3-5-13/h1-5,12H,6-11H2,(H,16,20)(H,17,21,22). The lowest BCUT2D eigenvalue weighted by Gasteiger charge is -2.34. The maximum absolute atomic E-state index is 12.0. The van der Waals surface area contributed by atoms with E-state index in [1.807, 2.05) is 35.2 Å². The average Bonchev–Trinajstić information content (AvgIpc) is 2.54. The van der Waals surface area contributed by atoms with Gasteiger partial charge < -0.3 is 10.2 Å². The van der Waals surface area contributed by atoms with Gasteiger partial charge in [-0.05, 0) is 5.56 Å². The van der Waals surface area contributed by atoms with Crippen LogP contribution < -0.4 is 10.6 Å². The Kier molecular flexibility index (Phi) is 5.91. The zero-order valence-corrected chi connectivity index (χ0v) is 12.3. The molecule has 0 aromatic heterocycles. The Hall–Kier alpha value is -2.41. The SMILES string of the molecule is O=CNCN1CCN(C(=O)NC(=O)Cc2ccccc2)CC1. The molecule has 0 radical (unpaired) electrons. The highest BCUT2D eigenvalue weighted by Crippen LogP contribution is 2.02. The first kappa shape index (κ1) is 16.0. The normalized spacial score (nSPS) is 15.2. The highest BCUT2D eigenvalue weighted by molar-refractivity contribution is 5.95. The molecule has 0 aliphatic carbocycles. The van der Waals surface area contributed by atoms with Crippen LogP contribution in [0.1, 0.15) is 5.56 Å². The summed E-state index contributed by atoms with van der Waals surface area (Å²) in [5.74, 6) is -0.304. The number of nitrogens with zero attached hydrogens (tertiary/aromatic N) is 2. The molecule has 1 aliphatic rings. The van der Waals surface area contributed by atoms with Crippen LogP contribution >= 0.6 is 0 Å². The molecular formula is C15H20N4O3. The molecule has 0 unspecified atom stereocenters. The highest BCUT2D eigenvalue weighted by atomic mass is 16.2. The smallest absolute Gasteiger partial charge is 0.324 e. The molecule has 1 fully saturated rings. The number of piperazine rings is 1. The van der Waals surface area contributed by atoms with Crippen molar-refractivity contribution in [2.24, 2.45) is 0 Å². The van der Waals surface area contributed by atoms with Crippen LogP contribution in [0, 0.1) is 0 Å². The molecule has 7 nitrogen and oxygen atoms in total. The van der Waals surface area contributed by atoms with E-state index in [1.165, 1.54) is 0 Å². The first-order valence-electron chi connectivity index (χ1n) is 7.21. The van der Waals surface area contributed by atoms with E-state index < -0.39 is 0 Å². The molecule has 0 atom stereocenters. The van der Waals surface area contributed by atoms with Gasteiger partial charge in [0.15, 0.2) is 0 Å². The van der Waals surface area contributed by atoms with E-state index in [1.54, 1.807) is 4.90 Å². The van der Waals surface area contributed by atoms with Gasteiger partial charge in [-0.3, -0.25) is 19.8 Å². The summed E-state index contributed by atoms with van der Waals surface area (Å²) in [6.07, 6.45) is 0.844. The molecule has 118 valence electrons. The molecule has 0 spiro atoms. The molecule has 1 aromatic carbocycles. The predicted molar refractivity (Wildman–Crippen MR) is 80.9 cm³/mol. The Morgan fingerprint density at radius 3 is 2.41 bits per heavy atom. The van der Waals surface area contributed by atoms with E-state index in [2.05, 4.69) is 10.6 Å². The predicted octanol–water partition coefficient (Wildman–Crippen LogP) is -0.214. The fourth-order valence-corrected chi connectivity index (χ4v) is 2.30. The number of urea groups is 1. The van der Waals surface area contributed by atoms with Gasteiger partial charge in [0.25, 0.3) is 0 Å². The van der Waals surface area contributed by atoms with Crippen molar-refractivity contribution in [3.05, 3.63) is 35.9 Å². The minimum atomic E-state index is -0.357. The molecule has 1 saturated heterocycles. The van der Waals surface area contributed by atoms with Crippen molar-refractivity contribution < 1.29 is 14.4 Å². The van der Waals surface area contributed by atoms with Crippen LogP contribution in [0.25, 0.3) is 0 Å². The number of carbonyl (C=O) groups is 3. The highest BCUT2D eigenvalue weighted by Gasteiger charge is 2.22. The molecule has 7 heteroatoms. The van der Waals surface area contributed by atoms with Gasteiger partial charge in [0, 0.05) is 26.2 Å². The topological polar surface area (TPSA) is 81.8 Å². The number of rotatable bonds is 5. The quantitative estimate of drug-likeness (QED) is 0.737. The van der Waals surface area contributed by atoms with Crippen molar-refractivity contribution in [1.29, 1.82) is 0 Å². The van der Waals surface area contributed by atoms with Crippen molar-refractivity contribution in [3.8, 4) is 0 Å². The van der Waals surface area contributed by atoms with Gasteiger partial charge >= 0.3 is 6.03 Å². The van der Waals surface area contributed by atoms with Crippen LogP contribution in [0.15, 0.2) is 30.3 Å². The third kappa shape index (κ3) is 4.85. The summed E-state index contributed by atoms with van der Waals surface area (Å²) in [5, 5.41) is 5.01. The third-order valence-electron chi connectivity index (χ3n) is 3.51. The van der Waals surface area contributed by atoms with Crippen LogP contribution in [0.4, 0.5) is 4.79 Å². The Morgan fingerprint density at radius 2 is 1.77 bits per heavy atom. The summed E-state index contributed by atoms with van der Waals surface area (Å²) < 4.78 is 0. The summed E-state index contributed by atoms with van der Waals surface area (Å²) in [6, 6.07) is 8.94. The molecule has 0 bridgehead atoms. The third-order valence-corrected chi connectivity index (χ3v) is 3.51. The molecule has 4 amide bonds. The van der Waals surface area contributed by atoms with Crippen molar-refractivity contribution in [3.63, 3.8) is 0 Å². The van der Waals surface area contributed by atoms with Gasteiger partial charge in [-0.1, -0.05) is 30.3 Å². The van der Waals surface area contributed by atoms with Crippen molar-refractivity contribution in [2.45, 2.75) is 6.42 Å². The van der Waals surface area contributed by atoms with Gasteiger partial charge in [0.2, 0.25) is 12.3 Å². The van der Waals surface area contributed by atoms with E-state index >= 15 is 0 Å². The summed E-state index contributed by atoms with van der Waals surface area (Å²) in [4.78, 5) is 37.8. The van der Waals surface area contributed by atoms with Crippen LogP contribution in [0.3, 0.4) is 0 Å². The number of nitrogens with one attached hydrogen (secondary N) is 2. The molecule has 2 N–H and O–H groups in total. The van der Waals surface area contributed by atoms with Gasteiger partial charge in [0.1, 0.15) is 0 Å². The fraction of sp³-hybridized carbons (Fsp3) is 0.400. The Morgan fingerprint density at radius 1 is 1.09 bits per heavy atom. The zero-order chi connectivity index (χ0) is 15.8. The summed E-state index contributed by atoms with van der Waals surface area (Å²) in [7, 11) is 0. The lowest BCUT2D eigenvalue weighted by atomic mass is 10.1. The Bertz CT molecular complexity index is 513. The van der Waals surface area contributed by atoms with Crippen LogP contribution in [0.5, 0.6) is 0 Å². The monoisotopic (exact) mass is 304 g/mol. The number of hydrogen-bond donors (Lipinski definition) is 2. The Labute approximate surface area is 129 Å². The van der Waals surface area contributed by atoms with E-state index in [-0.39, 0.29) is 18.4 Å². The largest absolute Gasteiger partial charge is 0.346 e. The first-order chi connectivity index (χ1) is 10.7. The maximum Gasteiger partial charge on any atom is 0.324 e. The number of benzene rings is 1. The first-order valence-corrected chi connectivity index (χ1v) is 7.21. The molecule has 1 aliphatic heterocycles. The summed E-state index contributed by atoms with van der Waals surface area (Å²) in [5.41, 5.74) is 0.873. The molecule has 1 aromatic rings. The second-order valence-electron chi connectivity index (χ2n) is 5.10. The van der Waals surface area contributed by atoms with E-state index in [0.717, 1.165) is 5.56 Å². The minimum absolute atomic E-state index is 0.190. The van der Waals surface area contributed by atoms with E-state index in [9.17, 15) is 14.4 Å². The molecule has 1 heterocycles. The molecule has 22 heavy (non-hydrogen) atoms. The van der Waals surface area contributed by atoms with Gasteiger partial charge in [0.05, 0.1) is 13.1 Å². The minimum Gasteiger partial charge on any atom is -0.346 e. The van der Waals surface area contributed by atoms with Gasteiger partial charge in [-0.25, -0.2) is 4.79 Å². The fourth-order valence-electron chi connectivity index (χ4n) is 2.30. The van der Waals surface area contributed by atoms with Crippen molar-refractivity contribution in [1.82, 2.24) is 20.4 Å².